The fourth-order valence-corrected chi connectivity index (χ4v) is 2.39. The first-order chi connectivity index (χ1) is 10.2. The molecule has 0 aliphatic carbocycles. The summed E-state index contributed by atoms with van der Waals surface area (Å²) in [7, 11) is 1.58. The monoisotopic (exact) mass is 308 g/mol. The highest BCUT2D eigenvalue weighted by Crippen LogP contribution is 2.26. The summed E-state index contributed by atoms with van der Waals surface area (Å²) < 4.78 is 5.10. The van der Waals surface area contributed by atoms with Crippen molar-refractivity contribution in [1.82, 2.24) is 4.90 Å². The summed E-state index contributed by atoms with van der Waals surface area (Å²) >= 11 is 6.06. The maximum Gasteiger partial charge on any atom is 0.193 e. The zero-order chi connectivity index (χ0) is 15.1. The summed E-state index contributed by atoms with van der Waals surface area (Å²) in [6.07, 6.45) is 5.51. The molecular weight excluding hydrogens is 288 g/mol. The molecule has 1 heterocycles. The van der Waals surface area contributed by atoms with Crippen molar-refractivity contribution in [3.05, 3.63) is 35.4 Å². The zero-order valence-corrected chi connectivity index (χ0v) is 12.9. The van der Waals surface area contributed by atoms with E-state index in [4.69, 9.17) is 22.1 Å². The van der Waals surface area contributed by atoms with Crippen molar-refractivity contribution in [2.45, 2.75) is 6.42 Å². The van der Waals surface area contributed by atoms with Gasteiger partial charge >= 0.3 is 0 Å². The molecule has 21 heavy (non-hydrogen) atoms. The first-order valence-electron chi connectivity index (χ1n) is 6.97. The van der Waals surface area contributed by atoms with Gasteiger partial charge in [-0.05, 0) is 24.6 Å². The van der Waals surface area contributed by atoms with E-state index in [2.05, 4.69) is 27.4 Å². The Kier molecular flexibility index (Phi) is 5.90. The van der Waals surface area contributed by atoms with E-state index >= 15 is 0 Å². The molecule has 0 saturated heterocycles. The van der Waals surface area contributed by atoms with Gasteiger partial charge in [0.25, 0.3) is 0 Å². The minimum Gasteiger partial charge on any atom is -0.495 e. The van der Waals surface area contributed by atoms with Gasteiger partial charge in [-0.25, -0.2) is 0 Å². The molecule has 1 aromatic rings. The molecule has 1 aliphatic rings. The second-order valence-corrected chi connectivity index (χ2v) is 5.21. The van der Waals surface area contributed by atoms with Crippen LogP contribution in [0, 0.1) is 0 Å². The molecule has 3 N–H and O–H groups in total. The average molecular weight is 309 g/mol. The highest BCUT2D eigenvalue weighted by Gasteiger charge is 2.05. The van der Waals surface area contributed by atoms with Gasteiger partial charge in [-0.15, -0.1) is 0 Å². The fraction of sp³-hybridized carbons (Fsp3) is 0.400. The van der Waals surface area contributed by atoms with Crippen molar-refractivity contribution >= 4 is 23.2 Å². The number of ether oxygens (including phenoxy) is 1. The van der Waals surface area contributed by atoms with Gasteiger partial charge in [-0.3, -0.25) is 9.89 Å². The average Bonchev–Trinajstić information content (AvgIpc) is 2.48. The molecule has 0 amide bonds. The molecule has 6 heteroatoms. The van der Waals surface area contributed by atoms with Crippen LogP contribution in [0.2, 0.25) is 5.02 Å². The van der Waals surface area contributed by atoms with Gasteiger partial charge in [0.05, 0.1) is 18.7 Å². The van der Waals surface area contributed by atoms with E-state index in [0.717, 1.165) is 31.7 Å². The van der Waals surface area contributed by atoms with Crippen LogP contribution in [0.25, 0.3) is 0 Å². The topological polar surface area (TPSA) is 62.9 Å². The summed E-state index contributed by atoms with van der Waals surface area (Å²) in [5, 5.41) is 3.56. The second kappa shape index (κ2) is 7.90. The summed E-state index contributed by atoms with van der Waals surface area (Å²) in [5.74, 6) is 1.03. The maximum atomic E-state index is 6.06. The number of anilines is 1. The van der Waals surface area contributed by atoms with Crippen molar-refractivity contribution in [2.75, 3.05) is 38.6 Å². The predicted molar refractivity (Wildman–Crippen MR) is 88.3 cm³/mol. The lowest BCUT2D eigenvalue weighted by Crippen LogP contribution is -2.31. The SMILES string of the molecule is COc1ccc(NC(N)=NCCN2CC=CCC2)cc1Cl. The van der Waals surface area contributed by atoms with Crippen LogP contribution >= 0.6 is 11.6 Å². The number of hydrogen-bond acceptors (Lipinski definition) is 3. The molecule has 1 aromatic carbocycles. The van der Waals surface area contributed by atoms with Crippen molar-refractivity contribution in [3.63, 3.8) is 0 Å². The largest absolute Gasteiger partial charge is 0.495 e. The number of guanidine groups is 1. The molecule has 0 fully saturated rings. The Hall–Kier alpha value is -1.72. The lowest BCUT2D eigenvalue weighted by Gasteiger charge is -2.21. The lowest BCUT2D eigenvalue weighted by molar-refractivity contribution is 0.307. The molecule has 0 saturated carbocycles. The van der Waals surface area contributed by atoms with Gasteiger partial charge in [-0.2, -0.15) is 0 Å². The maximum absolute atomic E-state index is 6.06. The number of benzene rings is 1. The Labute approximate surface area is 130 Å². The van der Waals surface area contributed by atoms with Crippen molar-refractivity contribution < 1.29 is 4.74 Å². The molecule has 114 valence electrons. The standard InChI is InChI=1S/C15H21ClN4O/c1-21-14-6-5-12(11-13(14)16)19-15(17)18-7-10-20-8-3-2-4-9-20/h2-3,5-6,11H,4,7-10H2,1H3,(H3,17,18,19). The zero-order valence-electron chi connectivity index (χ0n) is 12.2. The fourth-order valence-electron chi connectivity index (χ4n) is 2.14. The Morgan fingerprint density at radius 1 is 1.48 bits per heavy atom. The third-order valence-electron chi connectivity index (χ3n) is 3.26. The normalized spacial score (nSPS) is 16.0. The quantitative estimate of drug-likeness (QED) is 0.498. The third-order valence-corrected chi connectivity index (χ3v) is 3.56. The Morgan fingerprint density at radius 2 is 2.33 bits per heavy atom. The molecule has 1 aliphatic heterocycles. The van der Waals surface area contributed by atoms with Crippen molar-refractivity contribution in [3.8, 4) is 5.75 Å². The van der Waals surface area contributed by atoms with Crippen LogP contribution in [0.4, 0.5) is 5.69 Å². The van der Waals surface area contributed by atoms with Crippen LogP contribution in [0.15, 0.2) is 35.3 Å². The molecule has 0 bridgehead atoms. The van der Waals surface area contributed by atoms with Gasteiger partial charge in [0.2, 0.25) is 0 Å². The highest BCUT2D eigenvalue weighted by molar-refractivity contribution is 6.32. The van der Waals surface area contributed by atoms with E-state index in [0.29, 0.717) is 23.3 Å². The number of methoxy groups -OCH3 is 1. The van der Waals surface area contributed by atoms with E-state index in [1.807, 2.05) is 6.07 Å². The van der Waals surface area contributed by atoms with Crippen LogP contribution in [0.3, 0.4) is 0 Å². The molecule has 0 atom stereocenters. The number of halogens is 1. The molecule has 0 radical (unpaired) electrons. The summed E-state index contributed by atoms with van der Waals surface area (Å²) in [5.41, 5.74) is 6.67. The first-order valence-corrected chi connectivity index (χ1v) is 7.34. The van der Waals surface area contributed by atoms with Gasteiger partial charge in [-0.1, -0.05) is 23.8 Å². The highest BCUT2D eigenvalue weighted by atomic mass is 35.5. The van der Waals surface area contributed by atoms with Gasteiger partial charge in [0.15, 0.2) is 5.96 Å². The number of nitrogens with zero attached hydrogens (tertiary/aromatic N) is 2. The molecule has 0 spiro atoms. The summed E-state index contributed by atoms with van der Waals surface area (Å²) in [6, 6.07) is 5.40. The number of hydrogen-bond donors (Lipinski definition) is 2. The van der Waals surface area contributed by atoms with Crippen LogP contribution in [0.5, 0.6) is 5.75 Å². The lowest BCUT2D eigenvalue weighted by atomic mass is 10.2. The molecule has 0 unspecified atom stereocenters. The van der Waals surface area contributed by atoms with Crippen LogP contribution in [0.1, 0.15) is 6.42 Å². The molecule has 2 rings (SSSR count). The van der Waals surface area contributed by atoms with E-state index < -0.39 is 0 Å². The first kappa shape index (κ1) is 15.7. The predicted octanol–water partition coefficient (Wildman–Crippen LogP) is 2.34. The van der Waals surface area contributed by atoms with Gasteiger partial charge < -0.3 is 15.8 Å². The number of aliphatic imine (C=N–C) groups is 1. The Balaban J connectivity index is 1.82. The minimum absolute atomic E-state index is 0.392. The molecule has 0 aromatic heterocycles. The van der Waals surface area contributed by atoms with E-state index in [1.165, 1.54) is 0 Å². The summed E-state index contributed by atoms with van der Waals surface area (Å²) in [6.45, 7) is 3.68. The Bertz CT molecular complexity index is 530. The van der Waals surface area contributed by atoms with Gasteiger partial charge in [0, 0.05) is 25.3 Å². The van der Waals surface area contributed by atoms with Crippen LogP contribution in [-0.4, -0.2) is 44.1 Å². The second-order valence-electron chi connectivity index (χ2n) is 4.80. The third kappa shape index (κ3) is 4.95. The summed E-state index contributed by atoms with van der Waals surface area (Å²) in [4.78, 5) is 6.68. The minimum atomic E-state index is 0.392. The molecule has 5 nitrogen and oxygen atoms in total. The van der Waals surface area contributed by atoms with Crippen molar-refractivity contribution in [2.24, 2.45) is 10.7 Å². The number of nitrogens with two attached hydrogens (primary N) is 1. The number of nitrogens with one attached hydrogen (secondary N) is 1. The smallest absolute Gasteiger partial charge is 0.193 e. The number of rotatable bonds is 5. The van der Waals surface area contributed by atoms with E-state index in [1.54, 1.807) is 19.2 Å². The van der Waals surface area contributed by atoms with Gasteiger partial charge in [0.1, 0.15) is 5.75 Å². The van der Waals surface area contributed by atoms with E-state index in [9.17, 15) is 0 Å². The molecular formula is C15H21ClN4O. The van der Waals surface area contributed by atoms with Crippen LogP contribution in [-0.2, 0) is 0 Å². The van der Waals surface area contributed by atoms with Crippen molar-refractivity contribution in [1.29, 1.82) is 0 Å². The Morgan fingerprint density at radius 3 is 3.00 bits per heavy atom. The van der Waals surface area contributed by atoms with E-state index in [-0.39, 0.29) is 0 Å². The van der Waals surface area contributed by atoms with Crippen LogP contribution < -0.4 is 15.8 Å².